The van der Waals surface area contributed by atoms with Crippen LogP contribution in [0.1, 0.15) is 17.9 Å². The molecule has 110 valence electrons. The maximum absolute atomic E-state index is 11.8. The number of carbonyl (C=O) groups is 1. The van der Waals surface area contributed by atoms with Gasteiger partial charge < -0.3 is 5.32 Å². The van der Waals surface area contributed by atoms with E-state index in [1.807, 2.05) is 13.0 Å². The van der Waals surface area contributed by atoms with Gasteiger partial charge in [-0.05, 0) is 26.3 Å². The van der Waals surface area contributed by atoms with Crippen molar-refractivity contribution >= 4 is 27.5 Å². The van der Waals surface area contributed by atoms with Crippen molar-refractivity contribution < 1.29 is 13.2 Å². The third-order valence-corrected chi connectivity index (χ3v) is 5.57. The molecule has 8 heteroatoms. The number of sulfone groups is 1. The summed E-state index contributed by atoms with van der Waals surface area (Å²) in [6, 6.07) is 1.58. The van der Waals surface area contributed by atoms with Crippen molar-refractivity contribution in [3.05, 3.63) is 17.6 Å². The minimum absolute atomic E-state index is 0.0507. The summed E-state index contributed by atoms with van der Waals surface area (Å²) in [5, 5.41) is 3.51. The summed E-state index contributed by atoms with van der Waals surface area (Å²) in [5.74, 6) is 0.956. The minimum atomic E-state index is -2.96. The number of amides is 1. The smallest absolute Gasteiger partial charge is 0.230 e. The number of rotatable bonds is 4. The van der Waals surface area contributed by atoms with Crippen molar-refractivity contribution in [2.75, 3.05) is 17.3 Å². The molecule has 1 unspecified atom stereocenters. The highest BCUT2D eigenvalue weighted by Gasteiger charge is 2.28. The van der Waals surface area contributed by atoms with E-state index in [2.05, 4.69) is 15.3 Å². The molecule has 1 aromatic heterocycles. The average molecular weight is 315 g/mol. The number of carbonyl (C=O) groups excluding carboxylic acids is 1. The minimum Gasteiger partial charge on any atom is -0.352 e. The Hall–Kier alpha value is -1.15. The van der Waals surface area contributed by atoms with Crippen LogP contribution in [-0.4, -0.2) is 47.6 Å². The van der Waals surface area contributed by atoms with Crippen LogP contribution in [0.4, 0.5) is 0 Å². The van der Waals surface area contributed by atoms with Gasteiger partial charge in [0, 0.05) is 11.7 Å². The second-order valence-electron chi connectivity index (χ2n) is 4.85. The second kappa shape index (κ2) is 6.09. The maximum atomic E-state index is 11.8. The van der Waals surface area contributed by atoms with Gasteiger partial charge in [-0.1, -0.05) is 11.8 Å². The fourth-order valence-corrected chi connectivity index (χ4v) is 4.56. The predicted octanol–water partition coefficient (Wildman–Crippen LogP) is 0.489. The van der Waals surface area contributed by atoms with E-state index in [0.29, 0.717) is 12.2 Å². The van der Waals surface area contributed by atoms with Gasteiger partial charge in [0.05, 0.1) is 17.3 Å². The van der Waals surface area contributed by atoms with Crippen LogP contribution in [-0.2, 0) is 14.6 Å². The van der Waals surface area contributed by atoms with Crippen LogP contribution in [0.3, 0.4) is 0 Å². The SMILES string of the molecule is Cc1cc(SCC(=O)NC2CCS(=O)(=O)C2)nc(C)n1. The molecule has 1 amide bonds. The first-order valence-corrected chi connectivity index (χ1v) is 9.10. The Morgan fingerprint density at radius 3 is 2.80 bits per heavy atom. The zero-order valence-corrected chi connectivity index (χ0v) is 13.1. The molecule has 1 aliphatic heterocycles. The van der Waals surface area contributed by atoms with E-state index in [1.54, 1.807) is 6.92 Å². The number of hydrogen-bond acceptors (Lipinski definition) is 6. The molecular weight excluding hydrogens is 298 g/mol. The van der Waals surface area contributed by atoms with E-state index < -0.39 is 9.84 Å². The molecule has 1 N–H and O–H groups in total. The number of aryl methyl sites for hydroxylation is 2. The third kappa shape index (κ3) is 4.45. The van der Waals surface area contributed by atoms with Gasteiger partial charge in [-0.3, -0.25) is 4.79 Å². The highest BCUT2D eigenvalue weighted by atomic mass is 32.2. The molecule has 2 rings (SSSR count). The van der Waals surface area contributed by atoms with E-state index in [9.17, 15) is 13.2 Å². The van der Waals surface area contributed by atoms with Gasteiger partial charge >= 0.3 is 0 Å². The van der Waals surface area contributed by atoms with E-state index in [0.717, 1.165) is 10.7 Å². The van der Waals surface area contributed by atoms with Gasteiger partial charge in [0.1, 0.15) is 10.9 Å². The lowest BCUT2D eigenvalue weighted by molar-refractivity contribution is -0.119. The van der Waals surface area contributed by atoms with Crippen molar-refractivity contribution in [2.24, 2.45) is 0 Å². The van der Waals surface area contributed by atoms with Crippen LogP contribution in [0.2, 0.25) is 0 Å². The first-order valence-electron chi connectivity index (χ1n) is 6.29. The fraction of sp³-hybridized carbons (Fsp3) is 0.583. The fourth-order valence-electron chi connectivity index (χ4n) is 2.07. The Bertz CT molecular complexity index is 596. The Labute approximate surface area is 122 Å². The van der Waals surface area contributed by atoms with E-state index in [4.69, 9.17) is 0 Å². The molecule has 1 fully saturated rings. The second-order valence-corrected chi connectivity index (χ2v) is 8.08. The predicted molar refractivity (Wildman–Crippen MR) is 77.4 cm³/mol. The quantitative estimate of drug-likeness (QED) is 0.642. The van der Waals surface area contributed by atoms with Crippen molar-refractivity contribution in [3.8, 4) is 0 Å². The van der Waals surface area contributed by atoms with Crippen LogP contribution < -0.4 is 5.32 Å². The Balaban J connectivity index is 1.83. The number of thioether (sulfide) groups is 1. The van der Waals surface area contributed by atoms with Crippen LogP contribution in [0.25, 0.3) is 0 Å². The van der Waals surface area contributed by atoms with Crippen molar-refractivity contribution in [3.63, 3.8) is 0 Å². The normalized spacial score (nSPS) is 20.8. The number of aromatic nitrogens is 2. The summed E-state index contributed by atoms with van der Waals surface area (Å²) in [4.78, 5) is 20.2. The Morgan fingerprint density at radius 1 is 1.45 bits per heavy atom. The summed E-state index contributed by atoms with van der Waals surface area (Å²) in [6.07, 6.45) is 0.504. The molecule has 1 aromatic rings. The van der Waals surface area contributed by atoms with E-state index >= 15 is 0 Å². The zero-order valence-electron chi connectivity index (χ0n) is 11.4. The molecule has 2 heterocycles. The lowest BCUT2D eigenvalue weighted by Gasteiger charge is -2.10. The average Bonchev–Trinajstić information content (AvgIpc) is 2.65. The van der Waals surface area contributed by atoms with Crippen molar-refractivity contribution in [2.45, 2.75) is 31.3 Å². The monoisotopic (exact) mass is 315 g/mol. The van der Waals surface area contributed by atoms with Gasteiger partial charge in [-0.2, -0.15) is 0 Å². The van der Waals surface area contributed by atoms with Crippen LogP contribution in [0.15, 0.2) is 11.1 Å². The molecule has 6 nitrogen and oxygen atoms in total. The van der Waals surface area contributed by atoms with Crippen molar-refractivity contribution in [1.29, 1.82) is 0 Å². The molecule has 0 bridgehead atoms. The Kier molecular flexibility index (Phi) is 4.64. The summed E-state index contributed by atoms with van der Waals surface area (Å²) >= 11 is 1.33. The molecule has 0 aliphatic carbocycles. The van der Waals surface area contributed by atoms with Gasteiger partial charge in [-0.25, -0.2) is 18.4 Å². The summed E-state index contributed by atoms with van der Waals surface area (Å²) in [5.41, 5.74) is 0.863. The molecule has 0 aromatic carbocycles. The highest BCUT2D eigenvalue weighted by molar-refractivity contribution is 7.99. The first-order chi connectivity index (χ1) is 9.34. The number of nitrogens with one attached hydrogen (secondary N) is 1. The number of hydrogen-bond donors (Lipinski definition) is 1. The van der Waals surface area contributed by atoms with Crippen LogP contribution >= 0.6 is 11.8 Å². The molecule has 20 heavy (non-hydrogen) atoms. The van der Waals surface area contributed by atoms with Crippen molar-refractivity contribution in [1.82, 2.24) is 15.3 Å². The largest absolute Gasteiger partial charge is 0.352 e. The van der Waals surface area contributed by atoms with Gasteiger partial charge in [0.25, 0.3) is 0 Å². The molecule has 1 atom stereocenters. The topological polar surface area (TPSA) is 89.0 Å². The third-order valence-electron chi connectivity index (χ3n) is 2.89. The molecule has 0 spiro atoms. The molecular formula is C12H17N3O3S2. The molecule has 0 radical (unpaired) electrons. The maximum Gasteiger partial charge on any atom is 0.230 e. The molecule has 1 saturated heterocycles. The lowest BCUT2D eigenvalue weighted by atomic mass is 10.3. The first kappa shape index (κ1) is 15.2. The standard InChI is InChI=1S/C12H17N3O3S2/c1-8-5-12(14-9(2)13-8)19-6-11(16)15-10-3-4-20(17,18)7-10/h5,10H,3-4,6-7H2,1-2H3,(H,15,16). The molecule has 0 saturated carbocycles. The summed E-state index contributed by atoms with van der Waals surface area (Å²) in [6.45, 7) is 3.68. The van der Waals surface area contributed by atoms with Gasteiger partial charge in [-0.15, -0.1) is 0 Å². The highest BCUT2D eigenvalue weighted by Crippen LogP contribution is 2.16. The van der Waals surface area contributed by atoms with Crippen LogP contribution in [0.5, 0.6) is 0 Å². The molecule has 1 aliphatic rings. The number of nitrogens with zero attached hydrogens (tertiary/aromatic N) is 2. The lowest BCUT2D eigenvalue weighted by Crippen LogP contribution is -2.36. The zero-order chi connectivity index (χ0) is 14.8. The van der Waals surface area contributed by atoms with E-state index in [-0.39, 0.29) is 29.2 Å². The van der Waals surface area contributed by atoms with E-state index in [1.165, 1.54) is 11.8 Å². The van der Waals surface area contributed by atoms with Gasteiger partial charge in [0.15, 0.2) is 9.84 Å². The summed E-state index contributed by atoms with van der Waals surface area (Å²) < 4.78 is 22.6. The summed E-state index contributed by atoms with van der Waals surface area (Å²) in [7, 11) is -2.96. The van der Waals surface area contributed by atoms with Crippen LogP contribution in [0, 0.1) is 13.8 Å². The van der Waals surface area contributed by atoms with Gasteiger partial charge in [0.2, 0.25) is 5.91 Å². The Morgan fingerprint density at radius 2 is 2.20 bits per heavy atom.